The van der Waals surface area contributed by atoms with E-state index < -0.39 is 0 Å². The van der Waals surface area contributed by atoms with Crippen molar-refractivity contribution in [1.29, 1.82) is 0 Å². The van der Waals surface area contributed by atoms with Crippen LogP contribution in [0, 0.1) is 5.82 Å². The zero-order chi connectivity index (χ0) is 11.8. The Morgan fingerprint density at radius 1 is 1.44 bits per heavy atom. The van der Waals surface area contributed by atoms with Gasteiger partial charge in [-0.3, -0.25) is 4.79 Å². The van der Waals surface area contributed by atoms with Gasteiger partial charge in [-0.2, -0.15) is 0 Å². The van der Waals surface area contributed by atoms with Gasteiger partial charge >= 0.3 is 0 Å². The van der Waals surface area contributed by atoms with E-state index in [1.807, 2.05) is 0 Å². The van der Waals surface area contributed by atoms with Crippen LogP contribution in [-0.4, -0.2) is 29.9 Å². The van der Waals surface area contributed by atoms with E-state index >= 15 is 0 Å². The molecule has 5 heteroatoms. The molecule has 0 radical (unpaired) electrons. The minimum atomic E-state index is -0.261. The number of thioether (sulfide) groups is 1. The van der Waals surface area contributed by atoms with Crippen molar-refractivity contribution in [2.45, 2.75) is 11.3 Å². The van der Waals surface area contributed by atoms with Crippen molar-refractivity contribution < 1.29 is 14.3 Å². The number of nitrogens with one attached hydrogen (secondary N) is 1. The quantitative estimate of drug-likeness (QED) is 0.743. The molecule has 1 amide bonds. The average molecular weight is 243 g/mol. The lowest BCUT2D eigenvalue weighted by atomic mass is 10.3. The summed E-state index contributed by atoms with van der Waals surface area (Å²) in [5.41, 5.74) is 0. The fraction of sp³-hybridized carbons (Fsp3) is 0.364. The lowest BCUT2D eigenvalue weighted by molar-refractivity contribution is -0.120. The number of hydrogen-bond donors (Lipinski definition) is 2. The van der Waals surface area contributed by atoms with E-state index in [1.54, 1.807) is 18.2 Å². The second-order valence-electron chi connectivity index (χ2n) is 3.10. The van der Waals surface area contributed by atoms with Crippen molar-refractivity contribution in [1.82, 2.24) is 5.32 Å². The normalized spacial score (nSPS) is 10.1. The van der Waals surface area contributed by atoms with E-state index in [0.717, 1.165) is 0 Å². The molecule has 16 heavy (non-hydrogen) atoms. The number of hydrogen-bond acceptors (Lipinski definition) is 3. The van der Waals surface area contributed by atoms with Crippen molar-refractivity contribution in [3.05, 3.63) is 30.1 Å². The van der Waals surface area contributed by atoms with E-state index in [9.17, 15) is 9.18 Å². The van der Waals surface area contributed by atoms with E-state index in [4.69, 9.17) is 5.11 Å². The molecule has 0 aliphatic heterocycles. The maximum atomic E-state index is 13.2. The van der Waals surface area contributed by atoms with Crippen LogP contribution in [0.25, 0.3) is 0 Å². The van der Waals surface area contributed by atoms with Gasteiger partial charge in [0.15, 0.2) is 0 Å². The van der Waals surface area contributed by atoms with Crippen molar-refractivity contribution in [3.63, 3.8) is 0 Å². The topological polar surface area (TPSA) is 49.3 Å². The summed E-state index contributed by atoms with van der Waals surface area (Å²) in [7, 11) is 0. The number of aliphatic hydroxyl groups excluding tert-OH is 1. The van der Waals surface area contributed by atoms with Crippen LogP contribution in [0.2, 0.25) is 0 Å². The lowest BCUT2D eigenvalue weighted by Crippen LogP contribution is -2.26. The van der Waals surface area contributed by atoms with Crippen LogP contribution in [0.15, 0.2) is 29.2 Å². The minimum Gasteiger partial charge on any atom is -0.395 e. The van der Waals surface area contributed by atoms with E-state index in [1.165, 1.54) is 17.8 Å². The number of halogens is 1. The molecule has 0 atom stereocenters. The molecule has 1 aromatic carbocycles. The van der Waals surface area contributed by atoms with Gasteiger partial charge in [-0.1, -0.05) is 12.1 Å². The van der Waals surface area contributed by atoms with E-state index in [2.05, 4.69) is 5.32 Å². The largest absolute Gasteiger partial charge is 0.395 e. The first-order chi connectivity index (χ1) is 7.74. The fourth-order valence-corrected chi connectivity index (χ4v) is 1.99. The number of aliphatic hydroxyl groups is 1. The monoisotopic (exact) mass is 243 g/mol. The van der Waals surface area contributed by atoms with E-state index in [0.29, 0.717) is 17.1 Å². The molecular weight excluding hydrogens is 229 g/mol. The maximum Gasteiger partial charge on any atom is 0.220 e. The third kappa shape index (κ3) is 4.63. The van der Waals surface area contributed by atoms with Crippen LogP contribution in [0.4, 0.5) is 4.39 Å². The molecule has 0 spiro atoms. The summed E-state index contributed by atoms with van der Waals surface area (Å²) in [4.78, 5) is 11.7. The second-order valence-corrected chi connectivity index (χ2v) is 4.24. The SMILES string of the molecule is O=C(CCSc1ccccc1F)NCCO. The molecule has 0 bridgehead atoms. The number of rotatable bonds is 6. The van der Waals surface area contributed by atoms with Crippen LogP contribution in [0.5, 0.6) is 0 Å². The van der Waals surface area contributed by atoms with Crippen LogP contribution in [0.1, 0.15) is 6.42 Å². The summed E-state index contributed by atoms with van der Waals surface area (Å²) in [6.07, 6.45) is 0.318. The summed E-state index contributed by atoms with van der Waals surface area (Å²) >= 11 is 1.31. The van der Waals surface area contributed by atoms with Gasteiger partial charge in [0, 0.05) is 23.6 Å². The standard InChI is InChI=1S/C11H14FNO2S/c12-9-3-1-2-4-10(9)16-8-5-11(15)13-6-7-14/h1-4,14H,5-8H2,(H,13,15). The number of benzene rings is 1. The van der Waals surface area contributed by atoms with Crippen molar-refractivity contribution >= 4 is 17.7 Å². The predicted octanol–water partition coefficient (Wildman–Crippen LogP) is 1.42. The van der Waals surface area contributed by atoms with Gasteiger partial charge in [-0.05, 0) is 12.1 Å². The Labute approximate surface area is 98.1 Å². The maximum absolute atomic E-state index is 13.2. The third-order valence-corrected chi connectivity index (χ3v) is 2.91. The molecule has 0 aliphatic carbocycles. The first-order valence-corrected chi connectivity index (χ1v) is 5.97. The molecule has 1 rings (SSSR count). The number of carbonyl (C=O) groups is 1. The van der Waals surface area contributed by atoms with Crippen LogP contribution in [0.3, 0.4) is 0 Å². The summed E-state index contributed by atoms with van der Waals surface area (Å²) in [6, 6.07) is 6.48. The average Bonchev–Trinajstić information content (AvgIpc) is 2.29. The Balaban J connectivity index is 2.25. The Morgan fingerprint density at radius 2 is 2.19 bits per heavy atom. The number of amides is 1. The second kappa shape index (κ2) is 7.24. The van der Waals surface area contributed by atoms with Gasteiger partial charge in [0.1, 0.15) is 5.82 Å². The molecule has 0 heterocycles. The molecule has 1 aromatic rings. The van der Waals surface area contributed by atoms with Crippen molar-refractivity contribution in [3.8, 4) is 0 Å². The molecular formula is C11H14FNO2S. The van der Waals surface area contributed by atoms with Crippen molar-refractivity contribution in [2.24, 2.45) is 0 Å². The molecule has 88 valence electrons. The predicted molar refractivity (Wildman–Crippen MR) is 61.8 cm³/mol. The minimum absolute atomic E-state index is 0.0633. The van der Waals surface area contributed by atoms with Gasteiger partial charge in [-0.25, -0.2) is 4.39 Å². The van der Waals surface area contributed by atoms with E-state index in [-0.39, 0.29) is 24.9 Å². The highest BCUT2D eigenvalue weighted by Crippen LogP contribution is 2.21. The van der Waals surface area contributed by atoms with Gasteiger partial charge in [-0.15, -0.1) is 11.8 Å². The van der Waals surface area contributed by atoms with Gasteiger partial charge in [0.25, 0.3) is 0 Å². The zero-order valence-corrected chi connectivity index (χ0v) is 9.60. The molecule has 0 unspecified atom stereocenters. The van der Waals surface area contributed by atoms with Crippen LogP contribution >= 0.6 is 11.8 Å². The molecule has 2 N–H and O–H groups in total. The summed E-state index contributed by atoms with van der Waals surface area (Å²) in [5.74, 6) is 0.138. The summed E-state index contributed by atoms with van der Waals surface area (Å²) < 4.78 is 13.2. The van der Waals surface area contributed by atoms with Gasteiger partial charge in [0.2, 0.25) is 5.91 Å². The Morgan fingerprint density at radius 3 is 2.88 bits per heavy atom. The molecule has 0 fully saturated rings. The zero-order valence-electron chi connectivity index (χ0n) is 8.78. The first kappa shape index (κ1) is 13.0. The van der Waals surface area contributed by atoms with Crippen molar-refractivity contribution in [2.75, 3.05) is 18.9 Å². The molecule has 0 aromatic heterocycles. The molecule has 0 aliphatic rings. The number of carbonyl (C=O) groups excluding carboxylic acids is 1. The molecule has 0 saturated heterocycles. The Kier molecular flexibility index (Phi) is 5.88. The Hall–Kier alpha value is -1.07. The van der Waals surface area contributed by atoms with Crippen LogP contribution < -0.4 is 5.32 Å². The van der Waals surface area contributed by atoms with Crippen LogP contribution in [-0.2, 0) is 4.79 Å². The van der Waals surface area contributed by atoms with Gasteiger partial charge < -0.3 is 10.4 Å². The smallest absolute Gasteiger partial charge is 0.220 e. The highest BCUT2D eigenvalue weighted by atomic mass is 32.2. The first-order valence-electron chi connectivity index (χ1n) is 4.99. The fourth-order valence-electron chi connectivity index (χ4n) is 1.10. The summed E-state index contributed by atoms with van der Waals surface area (Å²) in [6.45, 7) is 0.204. The highest BCUT2D eigenvalue weighted by Gasteiger charge is 2.03. The molecule has 3 nitrogen and oxygen atoms in total. The van der Waals surface area contributed by atoms with Gasteiger partial charge in [0.05, 0.1) is 6.61 Å². The third-order valence-electron chi connectivity index (χ3n) is 1.86. The highest BCUT2D eigenvalue weighted by molar-refractivity contribution is 7.99. The lowest BCUT2D eigenvalue weighted by Gasteiger charge is -2.03. The molecule has 0 saturated carbocycles. The Bertz CT molecular complexity index is 347. The summed E-state index contributed by atoms with van der Waals surface area (Å²) in [5, 5.41) is 11.0.